The molecule has 3 aromatic rings. The van der Waals surface area contributed by atoms with Crippen LogP contribution in [-0.4, -0.2) is 46.0 Å². The Bertz CT molecular complexity index is 1270. The fourth-order valence-electron chi connectivity index (χ4n) is 4.48. The van der Waals surface area contributed by atoms with E-state index in [9.17, 15) is 14.4 Å². The van der Waals surface area contributed by atoms with Crippen LogP contribution >= 0.6 is 11.3 Å². The second-order valence-corrected chi connectivity index (χ2v) is 9.81. The summed E-state index contributed by atoms with van der Waals surface area (Å²) in [5.74, 6) is -0.328. The lowest BCUT2D eigenvalue weighted by Crippen LogP contribution is -2.43. The normalized spacial score (nSPS) is 16.0. The fourth-order valence-corrected chi connectivity index (χ4v) is 5.48. The van der Waals surface area contributed by atoms with Crippen molar-refractivity contribution in [1.82, 2.24) is 19.9 Å². The molecule has 10 heteroatoms. The van der Waals surface area contributed by atoms with Crippen LogP contribution in [0.25, 0.3) is 10.3 Å². The number of benzene rings is 1. The molecule has 180 valence electrons. The van der Waals surface area contributed by atoms with Gasteiger partial charge < -0.3 is 15.5 Å². The lowest BCUT2D eigenvalue weighted by Gasteiger charge is -2.31. The van der Waals surface area contributed by atoms with E-state index < -0.39 is 0 Å². The van der Waals surface area contributed by atoms with Crippen LogP contribution in [0, 0.1) is 26.7 Å². The molecular weight excluding hydrogens is 452 g/mol. The lowest BCUT2D eigenvalue weighted by atomic mass is 9.97. The number of rotatable bonds is 6. The summed E-state index contributed by atoms with van der Waals surface area (Å²) < 4.78 is 1.72. The third kappa shape index (κ3) is 4.96. The van der Waals surface area contributed by atoms with Crippen LogP contribution in [0.5, 0.6) is 0 Å². The summed E-state index contributed by atoms with van der Waals surface area (Å²) >= 11 is 1.26. The Labute approximate surface area is 202 Å². The summed E-state index contributed by atoms with van der Waals surface area (Å²) in [6, 6.07) is 4.02. The fraction of sp³-hybridized carbons (Fsp3) is 0.458. The first-order valence-electron chi connectivity index (χ1n) is 11.5. The third-order valence-corrected chi connectivity index (χ3v) is 7.13. The van der Waals surface area contributed by atoms with E-state index in [2.05, 4.69) is 25.5 Å². The van der Waals surface area contributed by atoms with Crippen molar-refractivity contribution in [3.63, 3.8) is 0 Å². The minimum atomic E-state index is -0.293. The monoisotopic (exact) mass is 482 g/mol. The van der Waals surface area contributed by atoms with Gasteiger partial charge in [0, 0.05) is 25.3 Å². The summed E-state index contributed by atoms with van der Waals surface area (Å²) in [5.41, 5.74) is 3.93. The zero-order valence-electron chi connectivity index (χ0n) is 20.0. The van der Waals surface area contributed by atoms with Crippen molar-refractivity contribution >= 4 is 44.3 Å². The van der Waals surface area contributed by atoms with Gasteiger partial charge in [-0.25, -0.2) is 4.98 Å². The number of aromatic nitrogens is 3. The van der Waals surface area contributed by atoms with E-state index in [0.717, 1.165) is 41.8 Å². The topological polar surface area (TPSA) is 109 Å². The Morgan fingerprint density at radius 2 is 1.94 bits per heavy atom. The highest BCUT2D eigenvalue weighted by Crippen LogP contribution is 2.29. The molecule has 0 bridgehead atoms. The van der Waals surface area contributed by atoms with Gasteiger partial charge in [-0.2, -0.15) is 4.98 Å². The number of hydrogen-bond donors (Lipinski definition) is 2. The summed E-state index contributed by atoms with van der Waals surface area (Å²) in [6.07, 6.45) is 3.09. The molecule has 1 saturated heterocycles. The minimum absolute atomic E-state index is 0.0545. The highest BCUT2D eigenvalue weighted by Gasteiger charge is 2.27. The molecule has 1 aliphatic heterocycles. The van der Waals surface area contributed by atoms with E-state index in [4.69, 9.17) is 0 Å². The number of aryl methyl sites for hydroxylation is 3. The highest BCUT2D eigenvalue weighted by molar-refractivity contribution is 7.22. The van der Waals surface area contributed by atoms with Crippen LogP contribution in [-0.2, 0) is 16.1 Å². The Kier molecular flexibility index (Phi) is 6.97. The minimum Gasteiger partial charge on any atom is -0.356 e. The highest BCUT2D eigenvalue weighted by atomic mass is 32.1. The van der Waals surface area contributed by atoms with Crippen LogP contribution in [0.3, 0.4) is 0 Å². The van der Waals surface area contributed by atoms with Crippen molar-refractivity contribution in [3.8, 4) is 0 Å². The van der Waals surface area contributed by atoms with E-state index >= 15 is 0 Å². The summed E-state index contributed by atoms with van der Waals surface area (Å²) in [5, 5.41) is 6.50. The molecule has 0 saturated carbocycles. The number of anilines is 2. The molecule has 9 nitrogen and oxygen atoms in total. The largest absolute Gasteiger partial charge is 0.356 e. The zero-order valence-corrected chi connectivity index (χ0v) is 20.8. The predicted octanol–water partition coefficient (Wildman–Crippen LogP) is 2.77. The Morgan fingerprint density at radius 3 is 2.65 bits per heavy atom. The van der Waals surface area contributed by atoms with Gasteiger partial charge >= 0.3 is 0 Å². The van der Waals surface area contributed by atoms with Crippen LogP contribution in [0.2, 0.25) is 0 Å². The number of nitrogens with zero attached hydrogens (tertiary/aromatic N) is 4. The average molecular weight is 483 g/mol. The molecule has 2 N–H and O–H groups in total. The standard InChI is InChI=1S/C24H30N6O3S/c1-5-25-22(32)17-7-6-8-29(11-17)24-28-21-20(34-24)23(33)30(13-26-21)12-18(31)27-19-15(3)9-14(2)10-16(19)4/h9-10,13,17H,5-8,11-12H2,1-4H3,(H,25,32)(H,27,31)/t17-/m0/s1. The first-order chi connectivity index (χ1) is 16.3. The zero-order chi connectivity index (χ0) is 24.4. The van der Waals surface area contributed by atoms with Crippen LogP contribution in [0.4, 0.5) is 10.8 Å². The van der Waals surface area contributed by atoms with Crippen LogP contribution in [0.15, 0.2) is 23.3 Å². The maximum atomic E-state index is 13.1. The smallest absolute Gasteiger partial charge is 0.273 e. The van der Waals surface area contributed by atoms with Gasteiger partial charge in [0.15, 0.2) is 10.8 Å². The number of thiazole rings is 1. The molecular formula is C24H30N6O3S. The number of carbonyl (C=O) groups excluding carboxylic acids is 2. The predicted molar refractivity (Wildman–Crippen MR) is 135 cm³/mol. The molecule has 1 atom stereocenters. The van der Waals surface area contributed by atoms with Gasteiger partial charge in [0.25, 0.3) is 5.56 Å². The lowest BCUT2D eigenvalue weighted by molar-refractivity contribution is -0.125. The van der Waals surface area contributed by atoms with Gasteiger partial charge in [-0.3, -0.25) is 19.0 Å². The molecule has 4 rings (SSSR count). The van der Waals surface area contributed by atoms with E-state index in [-0.39, 0.29) is 29.8 Å². The number of fused-ring (bicyclic) bond motifs is 1. The Hall–Kier alpha value is -3.27. The number of hydrogen-bond acceptors (Lipinski definition) is 7. The van der Waals surface area contributed by atoms with Crippen LogP contribution < -0.4 is 21.1 Å². The van der Waals surface area contributed by atoms with Crippen molar-refractivity contribution in [2.45, 2.75) is 47.1 Å². The Morgan fingerprint density at radius 1 is 1.21 bits per heavy atom. The molecule has 34 heavy (non-hydrogen) atoms. The van der Waals surface area contributed by atoms with Crippen molar-refractivity contribution < 1.29 is 9.59 Å². The van der Waals surface area contributed by atoms with E-state index in [1.54, 1.807) is 0 Å². The quantitative estimate of drug-likeness (QED) is 0.559. The van der Waals surface area contributed by atoms with Gasteiger partial charge in [-0.1, -0.05) is 29.0 Å². The summed E-state index contributed by atoms with van der Waals surface area (Å²) in [4.78, 5) is 49.0. The van der Waals surface area contributed by atoms with Crippen molar-refractivity contribution in [2.75, 3.05) is 29.9 Å². The SMILES string of the molecule is CCNC(=O)[C@H]1CCCN(c2nc3ncn(CC(=O)Nc4c(C)cc(C)cc4C)c(=O)c3s2)C1. The third-order valence-electron chi connectivity index (χ3n) is 6.04. The molecule has 1 aromatic carbocycles. The maximum absolute atomic E-state index is 13.1. The number of nitrogens with one attached hydrogen (secondary N) is 2. The molecule has 3 heterocycles. The van der Waals surface area contributed by atoms with Gasteiger partial charge in [0.2, 0.25) is 11.8 Å². The van der Waals surface area contributed by atoms with E-state index in [1.807, 2.05) is 39.8 Å². The first-order valence-corrected chi connectivity index (χ1v) is 12.3. The van der Waals surface area contributed by atoms with Crippen molar-refractivity contribution in [2.24, 2.45) is 5.92 Å². The van der Waals surface area contributed by atoms with Crippen molar-refractivity contribution in [1.29, 1.82) is 0 Å². The molecule has 0 spiro atoms. The maximum Gasteiger partial charge on any atom is 0.273 e. The molecule has 1 aliphatic rings. The van der Waals surface area contributed by atoms with Gasteiger partial charge in [0.1, 0.15) is 17.6 Å². The van der Waals surface area contributed by atoms with Gasteiger partial charge in [-0.15, -0.1) is 0 Å². The molecule has 1 fully saturated rings. The molecule has 2 amide bonds. The summed E-state index contributed by atoms with van der Waals surface area (Å²) in [7, 11) is 0. The molecule has 0 unspecified atom stereocenters. The van der Waals surface area contributed by atoms with Crippen LogP contribution in [0.1, 0.15) is 36.5 Å². The second kappa shape index (κ2) is 9.92. The number of piperidine rings is 1. The number of carbonyl (C=O) groups is 2. The van der Waals surface area contributed by atoms with Crippen molar-refractivity contribution in [3.05, 3.63) is 45.5 Å². The first kappa shape index (κ1) is 23.9. The van der Waals surface area contributed by atoms with E-state index in [0.29, 0.717) is 28.6 Å². The summed E-state index contributed by atoms with van der Waals surface area (Å²) in [6.45, 7) is 9.64. The Balaban J connectivity index is 1.52. The van der Waals surface area contributed by atoms with Gasteiger partial charge in [0.05, 0.1) is 5.92 Å². The average Bonchev–Trinajstić information content (AvgIpc) is 3.24. The molecule has 0 aliphatic carbocycles. The molecule has 0 radical (unpaired) electrons. The van der Waals surface area contributed by atoms with Gasteiger partial charge in [-0.05, 0) is 51.7 Å². The number of amides is 2. The van der Waals surface area contributed by atoms with E-state index in [1.165, 1.54) is 22.2 Å². The second-order valence-electron chi connectivity index (χ2n) is 8.83. The molecule has 2 aromatic heterocycles.